The number of carbonyl (C=O) groups is 1. The second-order valence-corrected chi connectivity index (χ2v) is 7.80. The predicted octanol–water partition coefficient (Wildman–Crippen LogP) is 4.17. The molecule has 0 fully saturated rings. The van der Waals surface area contributed by atoms with Crippen LogP contribution in [0.2, 0.25) is 5.02 Å². The first-order chi connectivity index (χ1) is 12.0. The Morgan fingerprint density at radius 2 is 2.08 bits per heavy atom. The molecule has 2 heterocycles. The van der Waals surface area contributed by atoms with Crippen LogP contribution in [0.4, 0.5) is 0 Å². The Hall–Kier alpha value is -1.83. The Balaban J connectivity index is 1.56. The maximum absolute atomic E-state index is 12.2. The fourth-order valence-corrected chi connectivity index (χ4v) is 3.90. The van der Waals surface area contributed by atoms with Crippen molar-refractivity contribution in [1.29, 1.82) is 0 Å². The van der Waals surface area contributed by atoms with Crippen LogP contribution in [-0.2, 0) is 11.8 Å². The molecule has 5 nitrogen and oxygen atoms in total. The molecule has 0 spiro atoms. The lowest BCUT2D eigenvalue weighted by Crippen LogP contribution is -2.28. The van der Waals surface area contributed by atoms with Gasteiger partial charge in [0, 0.05) is 12.1 Å². The number of halogens is 1. The molecule has 3 aromatic rings. The number of nitrogens with zero attached hydrogens (tertiary/aromatic N) is 3. The fourth-order valence-electron chi connectivity index (χ4n) is 2.31. The highest BCUT2D eigenvalue weighted by Crippen LogP contribution is 2.26. The molecule has 0 bridgehead atoms. The zero-order valence-electron chi connectivity index (χ0n) is 13.8. The van der Waals surface area contributed by atoms with Crippen molar-refractivity contribution in [2.24, 2.45) is 7.05 Å². The SMILES string of the molecule is CC(NC(=O)CSc1nnc(-c2cccs2)n1C)c1ccc(Cl)cc1. The van der Waals surface area contributed by atoms with Crippen LogP contribution in [0.25, 0.3) is 10.7 Å². The summed E-state index contributed by atoms with van der Waals surface area (Å²) in [7, 11) is 1.91. The summed E-state index contributed by atoms with van der Waals surface area (Å²) in [6.45, 7) is 1.95. The molecular weight excluding hydrogens is 376 g/mol. The Kier molecular flexibility index (Phi) is 5.78. The molecule has 1 amide bonds. The summed E-state index contributed by atoms with van der Waals surface area (Å²) < 4.78 is 1.91. The maximum Gasteiger partial charge on any atom is 0.230 e. The Bertz CT molecular complexity index is 846. The number of hydrogen-bond acceptors (Lipinski definition) is 5. The molecule has 0 aliphatic carbocycles. The van der Waals surface area contributed by atoms with Gasteiger partial charge in [-0.05, 0) is 36.1 Å². The minimum Gasteiger partial charge on any atom is -0.349 e. The van der Waals surface area contributed by atoms with Crippen molar-refractivity contribution in [3.8, 4) is 10.7 Å². The third-order valence-electron chi connectivity index (χ3n) is 3.66. The monoisotopic (exact) mass is 392 g/mol. The van der Waals surface area contributed by atoms with E-state index >= 15 is 0 Å². The van der Waals surface area contributed by atoms with Crippen LogP contribution in [0, 0.1) is 0 Å². The average molecular weight is 393 g/mol. The minimum absolute atomic E-state index is 0.0480. The average Bonchev–Trinajstić information content (AvgIpc) is 3.23. The van der Waals surface area contributed by atoms with E-state index in [1.165, 1.54) is 11.8 Å². The van der Waals surface area contributed by atoms with Crippen molar-refractivity contribution >= 4 is 40.6 Å². The summed E-state index contributed by atoms with van der Waals surface area (Å²) in [5.41, 5.74) is 1.02. The molecule has 1 atom stereocenters. The van der Waals surface area contributed by atoms with Crippen molar-refractivity contribution in [3.63, 3.8) is 0 Å². The van der Waals surface area contributed by atoms with Crippen LogP contribution >= 0.6 is 34.7 Å². The van der Waals surface area contributed by atoms with Gasteiger partial charge < -0.3 is 9.88 Å². The highest BCUT2D eigenvalue weighted by atomic mass is 35.5. The predicted molar refractivity (Wildman–Crippen MR) is 103 cm³/mol. The molecule has 0 aliphatic heterocycles. The number of benzene rings is 1. The molecule has 3 rings (SSSR count). The van der Waals surface area contributed by atoms with Crippen molar-refractivity contribution < 1.29 is 4.79 Å². The Labute approximate surface area is 159 Å². The van der Waals surface area contributed by atoms with Gasteiger partial charge in [0.2, 0.25) is 5.91 Å². The molecule has 0 saturated heterocycles. The van der Waals surface area contributed by atoms with E-state index in [0.717, 1.165) is 21.4 Å². The van der Waals surface area contributed by atoms with Gasteiger partial charge in [-0.25, -0.2) is 0 Å². The van der Waals surface area contributed by atoms with Gasteiger partial charge in [0.15, 0.2) is 11.0 Å². The van der Waals surface area contributed by atoms with Crippen LogP contribution < -0.4 is 5.32 Å². The van der Waals surface area contributed by atoms with E-state index in [2.05, 4.69) is 15.5 Å². The van der Waals surface area contributed by atoms with E-state index in [9.17, 15) is 4.79 Å². The summed E-state index contributed by atoms with van der Waals surface area (Å²) in [5.74, 6) is 1.05. The molecule has 1 N–H and O–H groups in total. The summed E-state index contributed by atoms with van der Waals surface area (Å²) in [6.07, 6.45) is 0. The first-order valence-electron chi connectivity index (χ1n) is 7.65. The molecule has 0 radical (unpaired) electrons. The zero-order valence-corrected chi connectivity index (χ0v) is 16.2. The summed E-state index contributed by atoms with van der Waals surface area (Å²) in [6, 6.07) is 11.4. The van der Waals surface area contributed by atoms with Crippen molar-refractivity contribution in [1.82, 2.24) is 20.1 Å². The fraction of sp³-hybridized carbons (Fsp3) is 0.235. The lowest BCUT2D eigenvalue weighted by molar-refractivity contribution is -0.119. The number of hydrogen-bond donors (Lipinski definition) is 1. The minimum atomic E-state index is -0.0773. The van der Waals surface area contributed by atoms with Gasteiger partial charge >= 0.3 is 0 Å². The van der Waals surface area contributed by atoms with Crippen LogP contribution in [-0.4, -0.2) is 26.4 Å². The Morgan fingerprint density at radius 3 is 2.76 bits per heavy atom. The number of aromatic nitrogens is 3. The van der Waals surface area contributed by atoms with Crippen LogP contribution in [0.5, 0.6) is 0 Å². The zero-order chi connectivity index (χ0) is 17.8. The summed E-state index contributed by atoms with van der Waals surface area (Å²) >= 11 is 8.88. The normalized spacial score (nSPS) is 12.1. The second-order valence-electron chi connectivity index (χ2n) is 5.47. The van der Waals surface area contributed by atoms with E-state index in [1.807, 2.05) is 60.3 Å². The van der Waals surface area contributed by atoms with Crippen LogP contribution in [0.3, 0.4) is 0 Å². The van der Waals surface area contributed by atoms with Gasteiger partial charge in [-0.1, -0.05) is 41.6 Å². The number of rotatable bonds is 6. The molecule has 0 saturated carbocycles. The van der Waals surface area contributed by atoms with Gasteiger partial charge in [-0.15, -0.1) is 21.5 Å². The number of thiophene rings is 1. The van der Waals surface area contributed by atoms with Gasteiger partial charge in [0.05, 0.1) is 16.7 Å². The van der Waals surface area contributed by atoms with Gasteiger partial charge in [0.25, 0.3) is 0 Å². The molecule has 1 unspecified atom stereocenters. The van der Waals surface area contributed by atoms with E-state index < -0.39 is 0 Å². The number of carbonyl (C=O) groups excluding carboxylic acids is 1. The number of thioether (sulfide) groups is 1. The summed E-state index contributed by atoms with van der Waals surface area (Å²) in [5, 5.41) is 14.8. The van der Waals surface area contributed by atoms with E-state index in [1.54, 1.807) is 11.3 Å². The van der Waals surface area contributed by atoms with Crippen LogP contribution in [0.1, 0.15) is 18.5 Å². The van der Waals surface area contributed by atoms with Crippen molar-refractivity contribution in [3.05, 3.63) is 52.4 Å². The van der Waals surface area contributed by atoms with Gasteiger partial charge in [-0.3, -0.25) is 4.79 Å². The van der Waals surface area contributed by atoms with E-state index in [4.69, 9.17) is 11.6 Å². The first kappa shape index (κ1) is 18.0. The highest BCUT2D eigenvalue weighted by molar-refractivity contribution is 7.99. The molecule has 130 valence electrons. The quantitative estimate of drug-likeness (QED) is 0.639. The largest absolute Gasteiger partial charge is 0.349 e. The third-order valence-corrected chi connectivity index (χ3v) is 5.79. The third kappa shape index (κ3) is 4.42. The summed E-state index contributed by atoms with van der Waals surface area (Å²) in [4.78, 5) is 13.3. The van der Waals surface area contributed by atoms with Crippen LogP contribution in [0.15, 0.2) is 46.9 Å². The van der Waals surface area contributed by atoms with Gasteiger partial charge in [-0.2, -0.15) is 0 Å². The second kappa shape index (κ2) is 8.03. The van der Waals surface area contributed by atoms with Crippen molar-refractivity contribution in [2.45, 2.75) is 18.1 Å². The molecular formula is C17H17ClN4OS2. The molecule has 0 aliphatic rings. The first-order valence-corrected chi connectivity index (χ1v) is 9.90. The lowest BCUT2D eigenvalue weighted by atomic mass is 10.1. The smallest absolute Gasteiger partial charge is 0.230 e. The Morgan fingerprint density at radius 1 is 1.32 bits per heavy atom. The van der Waals surface area contributed by atoms with E-state index in [-0.39, 0.29) is 17.7 Å². The molecule has 2 aromatic heterocycles. The standard InChI is InChI=1S/C17H17ClN4OS2/c1-11(12-5-7-13(18)8-6-12)19-15(23)10-25-17-21-20-16(22(17)2)14-4-3-9-24-14/h3-9,11H,10H2,1-2H3,(H,19,23). The lowest BCUT2D eigenvalue weighted by Gasteiger charge is -2.14. The van der Waals surface area contributed by atoms with Gasteiger partial charge in [0.1, 0.15) is 0 Å². The number of amides is 1. The number of nitrogens with one attached hydrogen (secondary N) is 1. The van der Waals surface area contributed by atoms with E-state index in [0.29, 0.717) is 5.02 Å². The molecule has 1 aromatic carbocycles. The molecule has 8 heteroatoms. The highest BCUT2D eigenvalue weighted by Gasteiger charge is 2.15. The van der Waals surface area contributed by atoms with Crippen molar-refractivity contribution in [2.75, 3.05) is 5.75 Å². The molecule has 25 heavy (non-hydrogen) atoms. The topological polar surface area (TPSA) is 59.8 Å². The maximum atomic E-state index is 12.2.